The van der Waals surface area contributed by atoms with Crippen LogP contribution in [0.2, 0.25) is 0 Å². The van der Waals surface area contributed by atoms with Crippen molar-refractivity contribution < 1.29 is 5.11 Å². The zero-order valence-electron chi connectivity index (χ0n) is 10.3. The van der Waals surface area contributed by atoms with Crippen LogP contribution < -0.4 is 5.56 Å². The standard InChI is InChI=1S/C13H12N4O2/c1-17-7-14-11-12(17)15-10(16-13(11)19)6-8-2-4-9(18)5-3-8/h2-5,7,18H,6H2,1H3,(H,15,16,19). The van der Waals surface area contributed by atoms with Gasteiger partial charge >= 0.3 is 0 Å². The molecule has 3 aromatic rings. The monoisotopic (exact) mass is 256 g/mol. The molecule has 0 saturated heterocycles. The summed E-state index contributed by atoms with van der Waals surface area (Å²) in [5.74, 6) is 0.791. The minimum Gasteiger partial charge on any atom is -0.508 e. The highest BCUT2D eigenvalue weighted by molar-refractivity contribution is 5.69. The maximum atomic E-state index is 11.8. The van der Waals surface area contributed by atoms with Gasteiger partial charge in [-0.2, -0.15) is 0 Å². The van der Waals surface area contributed by atoms with Gasteiger partial charge in [0.2, 0.25) is 0 Å². The third kappa shape index (κ3) is 2.08. The van der Waals surface area contributed by atoms with Gasteiger partial charge in [-0.1, -0.05) is 12.1 Å². The van der Waals surface area contributed by atoms with Crippen LogP contribution in [0.1, 0.15) is 11.4 Å². The maximum Gasteiger partial charge on any atom is 0.279 e. The quantitative estimate of drug-likeness (QED) is 0.715. The van der Waals surface area contributed by atoms with Crippen LogP contribution in [0.4, 0.5) is 0 Å². The van der Waals surface area contributed by atoms with E-state index >= 15 is 0 Å². The predicted octanol–water partition coefficient (Wildman–Crippen LogP) is 0.953. The molecule has 0 aliphatic carbocycles. The van der Waals surface area contributed by atoms with Gasteiger partial charge < -0.3 is 14.7 Å². The van der Waals surface area contributed by atoms with E-state index in [4.69, 9.17) is 0 Å². The van der Waals surface area contributed by atoms with Crippen molar-refractivity contribution in [3.8, 4) is 5.75 Å². The highest BCUT2D eigenvalue weighted by Crippen LogP contribution is 2.12. The molecule has 0 unspecified atom stereocenters. The highest BCUT2D eigenvalue weighted by Gasteiger charge is 2.08. The molecule has 0 amide bonds. The Morgan fingerprint density at radius 1 is 1.32 bits per heavy atom. The first-order valence-corrected chi connectivity index (χ1v) is 5.81. The minimum absolute atomic E-state index is 0.215. The highest BCUT2D eigenvalue weighted by atomic mass is 16.3. The molecular formula is C13H12N4O2. The van der Waals surface area contributed by atoms with E-state index in [2.05, 4.69) is 15.0 Å². The topological polar surface area (TPSA) is 83.8 Å². The van der Waals surface area contributed by atoms with Crippen LogP contribution in [0.3, 0.4) is 0 Å². The van der Waals surface area contributed by atoms with Gasteiger partial charge in [0.05, 0.1) is 6.33 Å². The molecule has 2 aromatic heterocycles. The molecular weight excluding hydrogens is 244 g/mol. The van der Waals surface area contributed by atoms with Crippen LogP contribution in [0.15, 0.2) is 35.4 Å². The van der Waals surface area contributed by atoms with E-state index in [9.17, 15) is 9.90 Å². The van der Waals surface area contributed by atoms with Crippen molar-refractivity contribution in [2.24, 2.45) is 7.05 Å². The molecule has 0 spiro atoms. The number of fused-ring (bicyclic) bond motifs is 1. The Kier molecular flexibility index (Phi) is 2.56. The Hall–Kier alpha value is -2.63. The van der Waals surface area contributed by atoms with E-state index < -0.39 is 0 Å². The Balaban J connectivity index is 2.03. The van der Waals surface area contributed by atoms with E-state index in [1.165, 1.54) is 0 Å². The lowest BCUT2D eigenvalue weighted by atomic mass is 10.1. The van der Waals surface area contributed by atoms with Crippen LogP contribution in [0, 0.1) is 0 Å². The summed E-state index contributed by atoms with van der Waals surface area (Å²) in [5.41, 5.74) is 1.64. The van der Waals surface area contributed by atoms with Crippen LogP contribution in [-0.4, -0.2) is 24.6 Å². The Morgan fingerprint density at radius 2 is 2.05 bits per heavy atom. The smallest absolute Gasteiger partial charge is 0.279 e. The molecule has 6 heteroatoms. The number of imidazole rings is 1. The van der Waals surface area contributed by atoms with Gasteiger partial charge in [-0.3, -0.25) is 4.79 Å². The molecule has 0 atom stereocenters. The fourth-order valence-corrected chi connectivity index (χ4v) is 1.95. The summed E-state index contributed by atoms with van der Waals surface area (Å²) >= 11 is 0. The van der Waals surface area contributed by atoms with Crippen LogP contribution in [0.25, 0.3) is 11.2 Å². The number of rotatable bonds is 2. The van der Waals surface area contributed by atoms with Crippen LogP contribution in [0.5, 0.6) is 5.75 Å². The molecule has 0 saturated carbocycles. The summed E-state index contributed by atoms with van der Waals surface area (Å²) in [4.78, 5) is 23.0. The summed E-state index contributed by atoms with van der Waals surface area (Å²) in [7, 11) is 1.80. The largest absolute Gasteiger partial charge is 0.508 e. The minimum atomic E-state index is -0.237. The summed E-state index contributed by atoms with van der Waals surface area (Å²) in [6.07, 6.45) is 2.06. The second-order valence-corrected chi connectivity index (χ2v) is 4.38. The maximum absolute atomic E-state index is 11.8. The average Bonchev–Trinajstić information content (AvgIpc) is 2.75. The molecule has 0 aliphatic heterocycles. The number of H-pyrrole nitrogens is 1. The van der Waals surface area contributed by atoms with Crippen molar-refractivity contribution in [3.63, 3.8) is 0 Å². The zero-order chi connectivity index (χ0) is 13.4. The first-order chi connectivity index (χ1) is 9.13. The number of aromatic amines is 1. The number of aromatic hydroxyl groups is 1. The van der Waals surface area contributed by atoms with Crippen molar-refractivity contribution in [2.45, 2.75) is 6.42 Å². The van der Waals surface area contributed by atoms with E-state index in [1.807, 2.05) is 0 Å². The SMILES string of the molecule is Cn1cnc2c(=O)[nH]c(Cc3ccc(O)cc3)nc21. The number of aryl methyl sites for hydroxylation is 1. The van der Waals surface area contributed by atoms with Crippen LogP contribution in [-0.2, 0) is 13.5 Å². The van der Waals surface area contributed by atoms with Gasteiger partial charge in [-0.15, -0.1) is 0 Å². The predicted molar refractivity (Wildman–Crippen MR) is 70.0 cm³/mol. The molecule has 2 heterocycles. The lowest BCUT2D eigenvalue weighted by molar-refractivity contribution is 0.475. The van der Waals surface area contributed by atoms with Gasteiger partial charge in [0.1, 0.15) is 11.6 Å². The third-order valence-corrected chi connectivity index (χ3v) is 2.93. The fourth-order valence-electron chi connectivity index (χ4n) is 1.95. The lowest BCUT2D eigenvalue weighted by Gasteiger charge is -2.02. The number of nitrogens with zero attached hydrogens (tertiary/aromatic N) is 3. The van der Waals surface area contributed by atoms with Crippen molar-refractivity contribution in [3.05, 3.63) is 52.3 Å². The Labute approximate surface area is 108 Å². The summed E-state index contributed by atoms with van der Waals surface area (Å²) in [6, 6.07) is 6.80. The van der Waals surface area contributed by atoms with Crippen LogP contribution >= 0.6 is 0 Å². The van der Waals surface area contributed by atoms with Gasteiger partial charge in [-0.25, -0.2) is 9.97 Å². The number of aromatic nitrogens is 4. The molecule has 2 N–H and O–H groups in total. The summed E-state index contributed by atoms with van der Waals surface area (Å²) in [5, 5.41) is 9.23. The van der Waals surface area contributed by atoms with Crippen molar-refractivity contribution in [2.75, 3.05) is 0 Å². The van der Waals surface area contributed by atoms with Crippen molar-refractivity contribution in [1.82, 2.24) is 19.5 Å². The average molecular weight is 256 g/mol. The van der Waals surface area contributed by atoms with Gasteiger partial charge in [0, 0.05) is 13.5 Å². The summed E-state index contributed by atoms with van der Waals surface area (Å²) < 4.78 is 1.71. The lowest BCUT2D eigenvalue weighted by Crippen LogP contribution is -2.13. The second-order valence-electron chi connectivity index (χ2n) is 4.38. The van der Waals surface area contributed by atoms with E-state index in [0.717, 1.165) is 5.56 Å². The number of benzene rings is 1. The van der Waals surface area contributed by atoms with Crippen molar-refractivity contribution >= 4 is 11.2 Å². The molecule has 0 fully saturated rings. The number of nitrogens with one attached hydrogen (secondary N) is 1. The van der Waals surface area contributed by atoms with Gasteiger partial charge in [-0.05, 0) is 17.7 Å². The first kappa shape index (κ1) is 11.5. The van der Waals surface area contributed by atoms with Crippen molar-refractivity contribution in [1.29, 1.82) is 0 Å². The second kappa shape index (κ2) is 4.24. The molecule has 0 bridgehead atoms. The molecule has 0 radical (unpaired) electrons. The normalized spacial score (nSPS) is 11.0. The summed E-state index contributed by atoms with van der Waals surface area (Å²) in [6.45, 7) is 0. The molecule has 3 rings (SSSR count). The number of hydrogen-bond acceptors (Lipinski definition) is 4. The van der Waals surface area contributed by atoms with E-state index in [0.29, 0.717) is 23.4 Å². The number of phenolic OH excluding ortho intramolecular Hbond substituents is 1. The Bertz CT molecular complexity index is 787. The number of phenols is 1. The van der Waals surface area contributed by atoms with Gasteiger partial charge in [0.25, 0.3) is 5.56 Å². The Morgan fingerprint density at radius 3 is 2.79 bits per heavy atom. The molecule has 1 aromatic carbocycles. The molecule has 0 aliphatic rings. The van der Waals surface area contributed by atoms with Gasteiger partial charge in [0.15, 0.2) is 11.2 Å². The fraction of sp³-hybridized carbons (Fsp3) is 0.154. The molecule has 19 heavy (non-hydrogen) atoms. The number of hydrogen-bond donors (Lipinski definition) is 2. The zero-order valence-corrected chi connectivity index (χ0v) is 10.3. The van der Waals surface area contributed by atoms with E-state index in [-0.39, 0.29) is 11.3 Å². The molecule has 96 valence electrons. The first-order valence-electron chi connectivity index (χ1n) is 5.81. The van der Waals surface area contributed by atoms with E-state index in [1.54, 1.807) is 42.2 Å². The molecule has 6 nitrogen and oxygen atoms in total. The third-order valence-electron chi connectivity index (χ3n) is 2.93.